The van der Waals surface area contributed by atoms with Crippen LogP contribution in [0.4, 0.5) is 15.8 Å². The van der Waals surface area contributed by atoms with E-state index in [1.807, 2.05) is 18.2 Å². The molecule has 0 spiro atoms. The molecule has 0 unspecified atom stereocenters. The molecule has 3 aromatic carbocycles. The van der Waals surface area contributed by atoms with E-state index in [1.165, 1.54) is 23.3 Å². The van der Waals surface area contributed by atoms with E-state index in [2.05, 4.69) is 10.2 Å². The molecule has 0 fully saturated rings. The van der Waals surface area contributed by atoms with Gasteiger partial charge < -0.3 is 5.32 Å². The van der Waals surface area contributed by atoms with E-state index in [0.29, 0.717) is 0 Å². The molecule has 1 aliphatic rings. The number of amides is 1. The van der Waals surface area contributed by atoms with Crippen LogP contribution in [0, 0.1) is 26.0 Å². The highest BCUT2D eigenvalue weighted by Crippen LogP contribution is 2.24. The first-order chi connectivity index (χ1) is 16.3. The van der Waals surface area contributed by atoms with Gasteiger partial charge in [-0.2, -0.15) is 0 Å². The van der Waals surface area contributed by atoms with Crippen molar-refractivity contribution in [2.24, 2.45) is 0 Å². The van der Waals surface area contributed by atoms with Gasteiger partial charge >= 0.3 is 0 Å². The summed E-state index contributed by atoms with van der Waals surface area (Å²) >= 11 is 0. The van der Waals surface area contributed by atoms with Crippen molar-refractivity contribution < 1.29 is 19.0 Å². The molecule has 0 aliphatic carbocycles. The molecule has 0 aromatic heterocycles. The summed E-state index contributed by atoms with van der Waals surface area (Å²) < 4.78 is 13.1. The summed E-state index contributed by atoms with van der Waals surface area (Å²) in [7, 11) is 0. The molecule has 174 valence electrons. The number of hydrogen-bond acceptors (Lipinski definition) is 6. The molecule has 0 saturated heterocycles. The number of non-ortho nitro benzene ring substituents is 2. The number of nitro benzene ring substituents is 2. The van der Waals surface area contributed by atoms with Crippen molar-refractivity contribution in [1.29, 1.82) is 0 Å². The van der Waals surface area contributed by atoms with Gasteiger partial charge in [-0.25, -0.2) is 4.39 Å². The number of nitro groups is 2. The fraction of sp³-hybridized carbons (Fsp3) is 0.208. The maximum atomic E-state index is 13.1. The van der Waals surface area contributed by atoms with Gasteiger partial charge in [0.2, 0.25) is 0 Å². The van der Waals surface area contributed by atoms with Gasteiger partial charge in [-0.3, -0.25) is 29.9 Å². The number of nitrogens with one attached hydrogen (secondary N) is 1. The molecule has 4 rings (SSSR count). The molecule has 1 aliphatic heterocycles. The lowest BCUT2D eigenvalue weighted by Gasteiger charge is -2.29. The van der Waals surface area contributed by atoms with Crippen LogP contribution in [0.2, 0.25) is 0 Å². The Kier molecular flexibility index (Phi) is 6.60. The molecule has 9 nitrogen and oxygen atoms in total. The minimum Gasteiger partial charge on any atom is -0.348 e. The summed E-state index contributed by atoms with van der Waals surface area (Å²) in [6.07, 6.45) is 0.829. The van der Waals surface area contributed by atoms with Crippen LogP contribution >= 0.6 is 0 Å². The van der Waals surface area contributed by atoms with Crippen molar-refractivity contribution in [3.8, 4) is 0 Å². The van der Waals surface area contributed by atoms with Crippen LogP contribution < -0.4 is 5.32 Å². The van der Waals surface area contributed by atoms with Gasteiger partial charge in [0.05, 0.1) is 21.5 Å². The highest BCUT2D eigenvalue weighted by Gasteiger charge is 2.20. The summed E-state index contributed by atoms with van der Waals surface area (Å²) in [5, 5.41) is 24.8. The number of benzene rings is 3. The third-order valence-electron chi connectivity index (χ3n) is 5.72. The summed E-state index contributed by atoms with van der Waals surface area (Å²) in [4.78, 5) is 35.3. The number of hydrogen-bond donors (Lipinski definition) is 1. The molecule has 10 heteroatoms. The quantitative estimate of drug-likeness (QED) is 0.415. The van der Waals surface area contributed by atoms with Crippen LogP contribution in [0.3, 0.4) is 0 Å². The van der Waals surface area contributed by atoms with Crippen LogP contribution in [0.25, 0.3) is 0 Å². The first kappa shape index (κ1) is 23.0. The van der Waals surface area contributed by atoms with Crippen LogP contribution in [-0.4, -0.2) is 27.2 Å². The molecular weight excluding hydrogens is 443 g/mol. The van der Waals surface area contributed by atoms with E-state index < -0.39 is 27.1 Å². The van der Waals surface area contributed by atoms with E-state index in [0.717, 1.165) is 55.4 Å². The number of nitrogens with zero attached hydrogens (tertiary/aromatic N) is 3. The number of rotatable bonds is 7. The predicted octanol–water partition coefficient (Wildman–Crippen LogP) is 4.13. The second-order valence-corrected chi connectivity index (χ2v) is 8.13. The summed E-state index contributed by atoms with van der Waals surface area (Å²) in [5.74, 6) is -0.883. The second-order valence-electron chi connectivity index (χ2n) is 8.13. The zero-order chi connectivity index (χ0) is 24.2. The predicted molar refractivity (Wildman–Crippen MR) is 122 cm³/mol. The van der Waals surface area contributed by atoms with Gasteiger partial charge in [0.15, 0.2) is 0 Å². The third kappa shape index (κ3) is 5.41. The zero-order valence-corrected chi connectivity index (χ0v) is 18.1. The average molecular weight is 464 g/mol. The Labute approximate surface area is 194 Å². The zero-order valence-electron chi connectivity index (χ0n) is 18.1. The Bertz CT molecular complexity index is 1230. The Hall–Kier alpha value is -4.18. The number of carbonyl (C=O) groups excluding carboxylic acids is 1. The van der Waals surface area contributed by atoms with Gasteiger partial charge in [0.1, 0.15) is 5.82 Å². The lowest BCUT2D eigenvalue weighted by atomic mass is 9.97. The second kappa shape index (κ2) is 9.75. The number of halogens is 1. The topological polar surface area (TPSA) is 119 Å². The van der Waals surface area contributed by atoms with Crippen LogP contribution in [0.1, 0.15) is 32.6 Å². The molecule has 0 atom stereocenters. The first-order valence-corrected chi connectivity index (χ1v) is 10.6. The molecule has 1 amide bonds. The van der Waals surface area contributed by atoms with Crippen molar-refractivity contribution in [3.05, 3.63) is 115 Å². The van der Waals surface area contributed by atoms with E-state index in [9.17, 15) is 29.4 Å². The van der Waals surface area contributed by atoms with E-state index in [1.54, 1.807) is 12.1 Å². The lowest BCUT2D eigenvalue weighted by Crippen LogP contribution is -2.30. The Balaban J connectivity index is 1.40. The molecule has 1 N–H and O–H groups in total. The average Bonchev–Trinajstić information content (AvgIpc) is 2.83. The number of carbonyl (C=O) groups is 1. The van der Waals surface area contributed by atoms with Crippen molar-refractivity contribution in [2.75, 3.05) is 6.54 Å². The fourth-order valence-electron chi connectivity index (χ4n) is 3.98. The van der Waals surface area contributed by atoms with Crippen molar-refractivity contribution >= 4 is 17.3 Å². The SMILES string of the molecule is O=C(NCc1ccc2c(c1)CCN(Cc1ccc(F)cc1)C2)c1cc([N+](=O)[O-])cc([N+](=O)[O-])c1. The fourth-order valence-corrected chi connectivity index (χ4v) is 3.98. The van der Waals surface area contributed by atoms with E-state index in [-0.39, 0.29) is 17.9 Å². The smallest absolute Gasteiger partial charge is 0.277 e. The van der Waals surface area contributed by atoms with Crippen LogP contribution in [0.5, 0.6) is 0 Å². The standard InChI is InChI=1S/C24H21FN4O5/c25-21-5-2-16(3-6-21)14-27-8-7-18-9-17(1-4-19(18)15-27)13-26-24(30)20-10-22(28(31)32)12-23(11-20)29(33)34/h1-6,9-12H,7-8,13-15H2,(H,26,30). The molecule has 0 radical (unpaired) electrons. The molecule has 0 bridgehead atoms. The maximum Gasteiger partial charge on any atom is 0.277 e. The van der Waals surface area contributed by atoms with Crippen molar-refractivity contribution in [3.63, 3.8) is 0 Å². The van der Waals surface area contributed by atoms with Crippen molar-refractivity contribution in [2.45, 2.75) is 26.1 Å². The van der Waals surface area contributed by atoms with E-state index >= 15 is 0 Å². The van der Waals surface area contributed by atoms with Gasteiger partial charge in [-0.1, -0.05) is 30.3 Å². The monoisotopic (exact) mass is 464 g/mol. The molecular formula is C24H21FN4O5. The summed E-state index contributed by atoms with van der Waals surface area (Å²) in [6, 6.07) is 15.3. The van der Waals surface area contributed by atoms with E-state index in [4.69, 9.17) is 0 Å². The highest BCUT2D eigenvalue weighted by molar-refractivity contribution is 5.95. The van der Waals surface area contributed by atoms with Crippen LogP contribution in [-0.2, 0) is 26.1 Å². The van der Waals surface area contributed by atoms with Gasteiger partial charge in [-0.05, 0) is 40.8 Å². The van der Waals surface area contributed by atoms with Gasteiger partial charge in [0, 0.05) is 38.3 Å². The lowest BCUT2D eigenvalue weighted by molar-refractivity contribution is -0.394. The third-order valence-corrected chi connectivity index (χ3v) is 5.72. The molecule has 1 heterocycles. The number of fused-ring (bicyclic) bond motifs is 1. The first-order valence-electron chi connectivity index (χ1n) is 10.6. The minimum absolute atomic E-state index is 0.143. The molecule has 34 heavy (non-hydrogen) atoms. The molecule has 0 saturated carbocycles. The Morgan fingerprint density at radius 1 is 0.912 bits per heavy atom. The minimum atomic E-state index is -0.771. The summed E-state index contributed by atoms with van der Waals surface area (Å²) in [6.45, 7) is 2.52. The highest BCUT2D eigenvalue weighted by atomic mass is 19.1. The summed E-state index contributed by atoms with van der Waals surface area (Å²) in [5.41, 5.74) is 3.09. The normalized spacial score (nSPS) is 13.2. The van der Waals surface area contributed by atoms with Crippen LogP contribution in [0.15, 0.2) is 60.7 Å². The largest absolute Gasteiger partial charge is 0.348 e. The molecule has 3 aromatic rings. The Morgan fingerprint density at radius 3 is 2.21 bits per heavy atom. The van der Waals surface area contributed by atoms with Gasteiger partial charge in [-0.15, -0.1) is 0 Å². The van der Waals surface area contributed by atoms with Crippen molar-refractivity contribution in [1.82, 2.24) is 10.2 Å². The van der Waals surface area contributed by atoms with Gasteiger partial charge in [0.25, 0.3) is 17.3 Å². The Morgan fingerprint density at radius 2 is 1.56 bits per heavy atom. The maximum absolute atomic E-state index is 13.1.